The van der Waals surface area contributed by atoms with Crippen LogP contribution in [-0.2, 0) is 0 Å². The Morgan fingerprint density at radius 1 is 1.45 bits per heavy atom. The molecule has 0 saturated heterocycles. The molecule has 2 rings (SSSR count). The van der Waals surface area contributed by atoms with E-state index in [1.54, 1.807) is 6.21 Å². The van der Waals surface area contributed by atoms with Gasteiger partial charge in [-0.2, -0.15) is 5.10 Å². The summed E-state index contributed by atoms with van der Waals surface area (Å²) in [6, 6.07) is 5.86. The summed E-state index contributed by atoms with van der Waals surface area (Å²) in [5, 5.41) is 6.94. The number of aromatic nitrogens is 1. The molecule has 6 heteroatoms. The number of nitrogens with zero attached hydrogens (tertiary/aromatic N) is 2. The lowest BCUT2D eigenvalue weighted by Gasteiger charge is -2.11. The molecule has 0 aliphatic rings. The minimum atomic E-state index is 0.153. The van der Waals surface area contributed by atoms with Gasteiger partial charge in [0, 0.05) is 5.38 Å². The average Bonchev–Trinajstić information content (AvgIpc) is 2.78. The van der Waals surface area contributed by atoms with Crippen LogP contribution in [0.2, 0.25) is 0 Å². The number of rotatable bonds is 5. The molecule has 2 aromatic rings. The Morgan fingerprint density at radius 3 is 2.85 bits per heavy atom. The molecule has 0 saturated carbocycles. The van der Waals surface area contributed by atoms with Gasteiger partial charge in [0.25, 0.3) is 0 Å². The third-order valence-corrected chi connectivity index (χ3v) is 3.80. The first-order valence-corrected chi connectivity index (χ1v) is 7.89. The quantitative estimate of drug-likeness (QED) is 0.638. The molecule has 0 amide bonds. The van der Waals surface area contributed by atoms with Gasteiger partial charge in [-0.25, -0.2) is 4.98 Å². The van der Waals surface area contributed by atoms with Crippen LogP contribution in [-0.4, -0.2) is 17.3 Å². The zero-order valence-electron chi connectivity index (χ0n) is 11.6. The molecule has 0 bridgehead atoms. The highest BCUT2D eigenvalue weighted by Gasteiger charge is 2.03. The Balaban J connectivity index is 2.01. The Labute approximate surface area is 131 Å². The summed E-state index contributed by atoms with van der Waals surface area (Å²) in [6.07, 6.45) is 1.90. The minimum absolute atomic E-state index is 0.153. The van der Waals surface area contributed by atoms with Gasteiger partial charge in [0.15, 0.2) is 0 Å². The number of nitrogens with one attached hydrogen (secondary N) is 1. The standard InChI is InChI=1S/C14H16BrN3OS/c1-9(2)19-13-5-4-11(6-12(13)15)7-16-18-14-17-10(3)8-20-14/h4-9H,1-3H3,(H,17,18). The number of benzene rings is 1. The molecule has 1 aromatic carbocycles. The topological polar surface area (TPSA) is 46.5 Å². The SMILES string of the molecule is Cc1csc(NN=Cc2ccc(OC(C)C)c(Br)c2)n1. The number of hydrogen-bond donors (Lipinski definition) is 1. The fraction of sp³-hybridized carbons (Fsp3) is 0.286. The van der Waals surface area contributed by atoms with Crippen LogP contribution in [0.25, 0.3) is 0 Å². The maximum absolute atomic E-state index is 5.66. The maximum atomic E-state index is 5.66. The molecule has 0 fully saturated rings. The van der Waals surface area contributed by atoms with E-state index in [0.717, 1.165) is 26.6 Å². The molecule has 20 heavy (non-hydrogen) atoms. The summed E-state index contributed by atoms with van der Waals surface area (Å²) < 4.78 is 6.58. The van der Waals surface area contributed by atoms with Crippen LogP contribution in [0.15, 0.2) is 33.2 Å². The van der Waals surface area contributed by atoms with Gasteiger partial charge in [-0.1, -0.05) is 0 Å². The third-order valence-electron chi connectivity index (χ3n) is 2.31. The molecule has 0 aliphatic heterocycles. The van der Waals surface area contributed by atoms with Gasteiger partial charge in [-0.15, -0.1) is 11.3 Å². The van der Waals surface area contributed by atoms with Crippen LogP contribution in [0.5, 0.6) is 5.75 Å². The first-order chi connectivity index (χ1) is 9.54. The van der Waals surface area contributed by atoms with Gasteiger partial charge in [0.05, 0.1) is 22.5 Å². The number of halogens is 1. The molecule has 1 N–H and O–H groups in total. The molecular formula is C14H16BrN3OS. The molecule has 1 heterocycles. The maximum Gasteiger partial charge on any atom is 0.203 e. The van der Waals surface area contributed by atoms with Crippen molar-refractivity contribution in [3.8, 4) is 5.75 Å². The highest BCUT2D eigenvalue weighted by atomic mass is 79.9. The zero-order valence-corrected chi connectivity index (χ0v) is 14.0. The largest absolute Gasteiger partial charge is 0.490 e. The number of hydrazone groups is 1. The summed E-state index contributed by atoms with van der Waals surface area (Å²) >= 11 is 5.03. The Morgan fingerprint density at radius 2 is 2.25 bits per heavy atom. The molecule has 1 aromatic heterocycles. The number of aryl methyl sites for hydroxylation is 1. The Bertz CT molecular complexity index is 610. The number of anilines is 1. The van der Waals surface area contributed by atoms with Crippen LogP contribution >= 0.6 is 27.3 Å². The van der Waals surface area contributed by atoms with Gasteiger partial charge >= 0.3 is 0 Å². The van der Waals surface area contributed by atoms with Crippen molar-refractivity contribution in [1.82, 2.24) is 4.98 Å². The van der Waals surface area contributed by atoms with E-state index in [-0.39, 0.29) is 6.10 Å². The fourth-order valence-electron chi connectivity index (χ4n) is 1.51. The Kier molecular flexibility index (Phi) is 5.14. The first-order valence-electron chi connectivity index (χ1n) is 6.22. The molecule has 0 unspecified atom stereocenters. The third kappa shape index (κ3) is 4.31. The van der Waals surface area contributed by atoms with Crippen molar-refractivity contribution in [2.24, 2.45) is 5.10 Å². The lowest BCUT2D eigenvalue weighted by atomic mass is 10.2. The summed E-state index contributed by atoms with van der Waals surface area (Å²) in [5.74, 6) is 0.834. The second-order valence-corrected chi connectivity index (χ2v) is 6.23. The Hall–Kier alpha value is -1.40. The lowest BCUT2D eigenvalue weighted by Crippen LogP contribution is -2.06. The second kappa shape index (κ2) is 6.85. The molecule has 0 spiro atoms. The van der Waals surface area contributed by atoms with Crippen LogP contribution in [0.4, 0.5) is 5.13 Å². The van der Waals surface area contributed by atoms with E-state index in [1.807, 2.05) is 44.4 Å². The predicted octanol–water partition coefficient (Wildman–Crippen LogP) is 4.45. The monoisotopic (exact) mass is 353 g/mol. The van der Waals surface area contributed by atoms with Crippen LogP contribution < -0.4 is 10.2 Å². The van der Waals surface area contributed by atoms with Crippen molar-refractivity contribution in [3.63, 3.8) is 0 Å². The van der Waals surface area contributed by atoms with E-state index in [9.17, 15) is 0 Å². The molecule has 4 nitrogen and oxygen atoms in total. The van der Waals surface area contributed by atoms with Gasteiger partial charge in [-0.3, -0.25) is 5.43 Å². The van der Waals surface area contributed by atoms with Gasteiger partial charge in [0.2, 0.25) is 5.13 Å². The fourth-order valence-corrected chi connectivity index (χ4v) is 2.64. The zero-order chi connectivity index (χ0) is 14.5. The van der Waals surface area contributed by atoms with Crippen molar-refractivity contribution >= 4 is 38.6 Å². The predicted molar refractivity (Wildman–Crippen MR) is 88.0 cm³/mol. The summed E-state index contributed by atoms with van der Waals surface area (Å²) in [4.78, 5) is 4.27. The summed E-state index contributed by atoms with van der Waals surface area (Å²) in [5.41, 5.74) is 4.88. The van der Waals surface area contributed by atoms with Crippen molar-refractivity contribution in [2.75, 3.05) is 5.43 Å². The highest BCUT2D eigenvalue weighted by Crippen LogP contribution is 2.26. The lowest BCUT2D eigenvalue weighted by molar-refractivity contribution is 0.241. The normalized spacial score (nSPS) is 11.2. The van der Waals surface area contributed by atoms with E-state index in [0.29, 0.717) is 0 Å². The van der Waals surface area contributed by atoms with Crippen molar-refractivity contribution in [1.29, 1.82) is 0 Å². The van der Waals surface area contributed by atoms with Gasteiger partial charge < -0.3 is 4.74 Å². The number of thiazole rings is 1. The second-order valence-electron chi connectivity index (χ2n) is 4.52. The number of ether oxygens (including phenoxy) is 1. The van der Waals surface area contributed by atoms with E-state index >= 15 is 0 Å². The molecule has 0 aliphatic carbocycles. The smallest absolute Gasteiger partial charge is 0.203 e. The minimum Gasteiger partial charge on any atom is -0.490 e. The molecule has 0 atom stereocenters. The number of hydrogen-bond acceptors (Lipinski definition) is 5. The highest BCUT2D eigenvalue weighted by molar-refractivity contribution is 9.10. The van der Waals surface area contributed by atoms with Crippen molar-refractivity contribution in [2.45, 2.75) is 26.9 Å². The van der Waals surface area contributed by atoms with Crippen LogP contribution in [0, 0.1) is 6.92 Å². The van der Waals surface area contributed by atoms with Crippen molar-refractivity contribution in [3.05, 3.63) is 39.3 Å². The summed E-state index contributed by atoms with van der Waals surface area (Å²) in [7, 11) is 0. The van der Waals surface area contributed by atoms with E-state index in [1.165, 1.54) is 11.3 Å². The molecule has 0 radical (unpaired) electrons. The molecule has 106 valence electrons. The van der Waals surface area contributed by atoms with E-state index < -0.39 is 0 Å². The van der Waals surface area contributed by atoms with Gasteiger partial charge in [-0.05, 0) is 60.5 Å². The van der Waals surface area contributed by atoms with Crippen LogP contribution in [0.1, 0.15) is 25.1 Å². The van der Waals surface area contributed by atoms with Gasteiger partial charge in [0.1, 0.15) is 5.75 Å². The van der Waals surface area contributed by atoms with E-state index in [2.05, 4.69) is 31.4 Å². The first kappa shape index (κ1) is 15.0. The molecular weight excluding hydrogens is 338 g/mol. The van der Waals surface area contributed by atoms with Crippen molar-refractivity contribution < 1.29 is 4.74 Å². The average molecular weight is 354 g/mol. The summed E-state index contributed by atoms with van der Waals surface area (Å²) in [6.45, 7) is 5.96. The van der Waals surface area contributed by atoms with E-state index in [4.69, 9.17) is 4.74 Å². The van der Waals surface area contributed by atoms with Crippen LogP contribution in [0.3, 0.4) is 0 Å².